The van der Waals surface area contributed by atoms with E-state index in [0.29, 0.717) is 21.1 Å². The van der Waals surface area contributed by atoms with Gasteiger partial charge in [0.05, 0.1) is 17.8 Å². The molecular weight excluding hydrogens is 354 g/mol. The fraction of sp³-hybridized carbons (Fsp3) is 0.133. The van der Waals surface area contributed by atoms with Crippen molar-refractivity contribution in [3.8, 4) is 5.75 Å². The second kappa shape index (κ2) is 6.70. The highest BCUT2D eigenvalue weighted by Gasteiger charge is 2.25. The first-order chi connectivity index (χ1) is 11.5. The smallest absolute Gasteiger partial charge is 0.263 e. The summed E-state index contributed by atoms with van der Waals surface area (Å²) in [5, 5.41) is 35.0. The molecule has 1 amide bonds. The van der Waals surface area contributed by atoms with Crippen molar-refractivity contribution in [1.82, 2.24) is 9.97 Å². The molecule has 24 heavy (non-hydrogen) atoms. The highest BCUT2D eigenvalue weighted by atomic mass is 35.5. The largest absolute Gasteiger partial charge is 0.506 e. The summed E-state index contributed by atoms with van der Waals surface area (Å²) < 4.78 is 0. The number of aliphatic hydroxyl groups is 2. The number of hydrogen-bond donors (Lipinski definition) is 4. The van der Waals surface area contributed by atoms with Gasteiger partial charge in [-0.05, 0) is 18.2 Å². The Morgan fingerprint density at radius 3 is 2.88 bits per heavy atom. The van der Waals surface area contributed by atoms with Crippen LogP contribution in [0.1, 0.15) is 22.2 Å². The molecule has 4 N–H and O–H groups in total. The number of pyridine rings is 1. The Morgan fingerprint density at radius 2 is 2.21 bits per heavy atom. The van der Waals surface area contributed by atoms with Crippen molar-refractivity contribution in [2.45, 2.75) is 6.10 Å². The van der Waals surface area contributed by atoms with Crippen LogP contribution in [-0.2, 0) is 0 Å². The summed E-state index contributed by atoms with van der Waals surface area (Å²) in [5.41, 5.74) is -0.0614. The third-order valence-corrected chi connectivity index (χ3v) is 4.24. The number of aromatic hydroxyl groups is 1. The molecule has 124 valence electrons. The van der Waals surface area contributed by atoms with Crippen molar-refractivity contribution in [2.24, 2.45) is 0 Å². The Bertz CT molecular complexity index is 901. The number of carbonyl (C=O) groups is 1. The zero-order valence-corrected chi connectivity index (χ0v) is 13.7. The number of nitrogens with zero attached hydrogens (tertiary/aromatic N) is 2. The Labute approximate surface area is 145 Å². The summed E-state index contributed by atoms with van der Waals surface area (Å²) in [5.74, 6) is -1.04. The predicted molar refractivity (Wildman–Crippen MR) is 90.5 cm³/mol. The Balaban J connectivity index is 2.18. The molecule has 7 nitrogen and oxygen atoms in total. The van der Waals surface area contributed by atoms with Gasteiger partial charge in [-0.25, -0.2) is 9.97 Å². The number of aromatic nitrogens is 2. The van der Waals surface area contributed by atoms with Crippen LogP contribution in [0.4, 0.5) is 5.13 Å². The standard InChI is InChI=1S/C15H12ClN3O4S/c16-7-1-2-8-9(5-7)18-12(10(21)6-20)11(13(8)22)14(23)19-15-17-3-4-24-15/h1-5,10,20-21H,6H2,(H,18,22)(H,17,19,23). The number of carbonyl (C=O) groups excluding carboxylic acids is 1. The number of rotatable bonds is 4. The molecule has 3 rings (SSSR count). The molecule has 1 unspecified atom stereocenters. The van der Waals surface area contributed by atoms with Gasteiger partial charge in [-0.2, -0.15) is 0 Å². The number of anilines is 1. The van der Waals surface area contributed by atoms with E-state index in [1.165, 1.54) is 29.7 Å². The van der Waals surface area contributed by atoms with E-state index >= 15 is 0 Å². The number of fused-ring (bicyclic) bond motifs is 1. The lowest BCUT2D eigenvalue weighted by atomic mass is 10.0. The van der Waals surface area contributed by atoms with E-state index in [2.05, 4.69) is 15.3 Å². The lowest BCUT2D eigenvalue weighted by Crippen LogP contribution is -2.19. The zero-order valence-electron chi connectivity index (χ0n) is 12.1. The van der Waals surface area contributed by atoms with Gasteiger partial charge >= 0.3 is 0 Å². The third-order valence-electron chi connectivity index (χ3n) is 3.32. The Kier molecular flexibility index (Phi) is 4.63. The fourth-order valence-electron chi connectivity index (χ4n) is 2.24. The van der Waals surface area contributed by atoms with Crippen LogP contribution in [0.15, 0.2) is 29.8 Å². The van der Waals surface area contributed by atoms with E-state index in [4.69, 9.17) is 11.6 Å². The molecule has 0 fully saturated rings. The number of hydrogen-bond acceptors (Lipinski definition) is 7. The topological polar surface area (TPSA) is 116 Å². The number of halogens is 1. The van der Waals surface area contributed by atoms with Crippen LogP contribution in [0.25, 0.3) is 10.9 Å². The molecule has 2 aromatic heterocycles. The van der Waals surface area contributed by atoms with Gasteiger partial charge in [0.15, 0.2) is 5.13 Å². The number of nitrogens with one attached hydrogen (secondary N) is 1. The molecule has 0 aliphatic heterocycles. The van der Waals surface area contributed by atoms with Gasteiger partial charge < -0.3 is 15.3 Å². The molecule has 1 atom stereocenters. The quantitative estimate of drug-likeness (QED) is 0.564. The lowest BCUT2D eigenvalue weighted by Gasteiger charge is -2.15. The van der Waals surface area contributed by atoms with Gasteiger partial charge in [-0.1, -0.05) is 11.6 Å². The molecule has 0 saturated carbocycles. The molecule has 2 heterocycles. The van der Waals surface area contributed by atoms with E-state index in [1.54, 1.807) is 11.4 Å². The van der Waals surface area contributed by atoms with Crippen molar-refractivity contribution in [3.63, 3.8) is 0 Å². The van der Waals surface area contributed by atoms with Gasteiger partial charge in [0.1, 0.15) is 17.4 Å². The minimum absolute atomic E-state index is 0.140. The van der Waals surface area contributed by atoms with Crippen LogP contribution in [-0.4, -0.2) is 37.8 Å². The highest BCUT2D eigenvalue weighted by molar-refractivity contribution is 7.13. The van der Waals surface area contributed by atoms with E-state index in [9.17, 15) is 20.1 Å². The first-order valence-corrected chi connectivity index (χ1v) is 8.09. The summed E-state index contributed by atoms with van der Waals surface area (Å²) >= 11 is 7.12. The first-order valence-electron chi connectivity index (χ1n) is 6.83. The van der Waals surface area contributed by atoms with Crippen LogP contribution in [0.5, 0.6) is 5.75 Å². The third kappa shape index (κ3) is 3.04. The Morgan fingerprint density at radius 1 is 1.42 bits per heavy atom. The van der Waals surface area contributed by atoms with Crippen molar-refractivity contribution < 1.29 is 20.1 Å². The second-order valence-electron chi connectivity index (χ2n) is 4.87. The minimum Gasteiger partial charge on any atom is -0.506 e. The summed E-state index contributed by atoms with van der Waals surface area (Å²) in [6, 6.07) is 4.57. The maximum atomic E-state index is 12.5. The molecule has 1 aromatic carbocycles. The van der Waals surface area contributed by atoms with E-state index in [-0.39, 0.29) is 17.0 Å². The average Bonchev–Trinajstić information content (AvgIpc) is 3.06. The molecular formula is C15H12ClN3O4S. The van der Waals surface area contributed by atoms with Crippen molar-refractivity contribution in [2.75, 3.05) is 11.9 Å². The summed E-state index contributed by atoms with van der Waals surface area (Å²) in [6.07, 6.45) is 0.0842. The predicted octanol–water partition coefficient (Wildman–Crippen LogP) is 2.33. The minimum atomic E-state index is -1.43. The van der Waals surface area contributed by atoms with Gasteiger partial charge in [0, 0.05) is 22.0 Å². The van der Waals surface area contributed by atoms with E-state index in [1.807, 2.05) is 0 Å². The summed E-state index contributed by atoms with van der Waals surface area (Å²) in [6.45, 7) is -0.657. The van der Waals surface area contributed by atoms with Crippen LogP contribution < -0.4 is 5.32 Å². The van der Waals surface area contributed by atoms with E-state index in [0.717, 1.165) is 0 Å². The van der Waals surface area contributed by atoms with Crippen molar-refractivity contribution in [3.05, 3.63) is 46.1 Å². The molecule has 0 aliphatic rings. The molecule has 0 saturated heterocycles. The number of aliphatic hydroxyl groups excluding tert-OH is 2. The fourth-order valence-corrected chi connectivity index (χ4v) is 2.93. The van der Waals surface area contributed by atoms with Crippen molar-refractivity contribution in [1.29, 1.82) is 0 Å². The van der Waals surface area contributed by atoms with Crippen LogP contribution in [0.3, 0.4) is 0 Å². The monoisotopic (exact) mass is 365 g/mol. The highest BCUT2D eigenvalue weighted by Crippen LogP contribution is 2.34. The zero-order chi connectivity index (χ0) is 17.3. The van der Waals surface area contributed by atoms with Crippen LogP contribution >= 0.6 is 22.9 Å². The summed E-state index contributed by atoms with van der Waals surface area (Å²) in [4.78, 5) is 20.6. The van der Waals surface area contributed by atoms with Crippen LogP contribution in [0.2, 0.25) is 5.02 Å². The average molecular weight is 366 g/mol. The number of benzene rings is 1. The lowest BCUT2D eigenvalue weighted by molar-refractivity contribution is 0.0885. The molecule has 0 radical (unpaired) electrons. The van der Waals surface area contributed by atoms with Gasteiger partial charge in [0.2, 0.25) is 0 Å². The number of thiazole rings is 1. The normalized spacial score (nSPS) is 12.3. The molecule has 0 spiro atoms. The van der Waals surface area contributed by atoms with Crippen molar-refractivity contribution >= 4 is 44.9 Å². The Hall–Kier alpha value is -2.26. The van der Waals surface area contributed by atoms with Gasteiger partial charge in [-0.15, -0.1) is 11.3 Å². The number of amides is 1. The first kappa shape index (κ1) is 16.6. The maximum Gasteiger partial charge on any atom is 0.263 e. The molecule has 0 aliphatic carbocycles. The van der Waals surface area contributed by atoms with E-state index < -0.39 is 18.6 Å². The molecule has 9 heteroatoms. The second-order valence-corrected chi connectivity index (χ2v) is 6.20. The molecule has 3 aromatic rings. The molecule has 0 bridgehead atoms. The van der Waals surface area contributed by atoms with Gasteiger partial charge in [0.25, 0.3) is 5.91 Å². The van der Waals surface area contributed by atoms with Crippen LogP contribution in [0, 0.1) is 0 Å². The van der Waals surface area contributed by atoms with Gasteiger partial charge in [-0.3, -0.25) is 10.1 Å². The summed E-state index contributed by atoms with van der Waals surface area (Å²) in [7, 11) is 0. The SMILES string of the molecule is O=C(Nc1nccs1)c1c(C(O)CO)nc2cc(Cl)ccc2c1O. The maximum absolute atomic E-state index is 12.5.